The second-order valence-electron chi connectivity index (χ2n) is 9.29. The lowest BCUT2D eigenvalue weighted by Crippen LogP contribution is -2.43. The SMILES string of the molecule is CC(C)CNc1ncc2c(-c3ccn4ncc(C(=O)NC5CCN(C)CC5)c4c3)c[nH]c2n1. The molecule has 0 unspecified atom stereocenters. The van der Waals surface area contributed by atoms with Crippen LogP contribution in [0.1, 0.15) is 37.0 Å². The van der Waals surface area contributed by atoms with Gasteiger partial charge >= 0.3 is 0 Å². The van der Waals surface area contributed by atoms with Crippen LogP contribution in [0.2, 0.25) is 0 Å². The van der Waals surface area contributed by atoms with Crippen molar-refractivity contribution in [3.63, 3.8) is 0 Å². The lowest BCUT2D eigenvalue weighted by atomic mass is 10.0. The van der Waals surface area contributed by atoms with Gasteiger partial charge in [-0.3, -0.25) is 4.79 Å². The van der Waals surface area contributed by atoms with E-state index in [1.54, 1.807) is 10.7 Å². The first-order chi connectivity index (χ1) is 16.0. The van der Waals surface area contributed by atoms with Gasteiger partial charge in [-0.15, -0.1) is 0 Å². The van der Waals surface area contributed by atoms with Gasteiger partial charge in [0.1, 0.15) is 5.65 Å². The normalized spacial score (nSPS) is 15.5. The summed E-state index contributed by atoms with van der Waals surface area (Å²) in [6, 6.07) is 4.20. The van der Waals surface area contributed by atoms with Gasteiger partial charge in [-0.05, 0) is 56.6 Å². The summed E-state index contributed by atoms with van der Waals surface area (Å²) in [6.07, 6.45) is 9.24. The molecule has 33 heavy (non-hydrogen) atoms. The van der Waals surface area contributed by atoms with Gasteiger partial charge in [0, 0.05) is 42.1 Å². The van der Waals surface area contributed by atoms with Crippen molar-refractivity contribution >= 4 is 28.4 Å². The second-order valence-corrected chi connectivity index (χ2v) is 9.29. The Morgan fingerprint density at radius 2 is 2.09 bits per heavy atom. The van der Waals surface area contributed by atoms with Crippen molar-refractivity contribution in [3.8, 4) is 11.1 Å². The number of H-pyrrole nitrogens is 1. The number of carbonyl (C=O) groups is 1. The highest BCUT2D eigenvalue weighted by atomic mass is 16.1. The maximum Gasteiger partial charge on any atom is 0.255 e. The van der Waals surface area contributed by atoms with Crippen LogP contribution >= 0.6 is 0 Å². The van der Waals surface area contributed by atoms with Crippen LogP contribution in [0, 0.1) is 5.92 Å². The number of aromatic amines is 1. The Bertz CT molecular complexity index is 1280. The van der Waals surface area contributed by atoms with E-state index >= 15 is 0 Å². The minimum absolute atomic E-state index is 0.0696. The fraction of sp³-hybridized carbons (Fsp3) is 0.417. The third-order valence-corrected chi connectivity index (χ3v) is 6.23. The molecule has 0 aliphatic carbocycles. The van der Waals surface area contributed by atoms with E-state index in [1.807, 2.05) is 30.7 Å². The van der Waals surface area contributed by atoms with E-state index in [0.717, 1.165) is 60.2 Å². The van der Waals surface area contributed by atoms with Gasteiger partial charge in [-0.25, -0.2) is 9.50 Å². The van der Waals surface area contributed by atoms with Gasteiger partial charge in [0.15, 0.2) is 0 Å². The van der Waals surface area contributed by atoms with E-state index in [4.69, 9.17) is 0 Å². The number of hydrogen-bond donors (Lipinski definition) is 3. The molecule has 3 N–H and O–H groups in total. The van der Waals surface area contributed by atoms with Gasteiger partial charge in [0.2, 0.25) is 5.95 Å². The number of hydrogen-bond acceptors (Lipinski definition) is 6. The average molecular weight is 447 g/mol. The summed E-state index contributed by atoms with van der Waals surface area (Å²) in [5, 5.41) is 11.8. The van der Waals surface area contributed by atoms with Crippen LogP contribution in [-0.2, 0) is 0 Å². The molecule has 5 heterocycles. The van der Waals surface area contributed by atoms with E-state index in [9.17, 15) is 4.79 Å². The molecule has 0 aromatic carbocycles. The minimum Gasteiger partial charge on any atom is -0.354 e. The second kappa shape index (κ2) is 8.82. The summed E-state index contributed by atoms with van der Waals surface area (Å²) in [4.78, 5) is 27.6. The fourth-order valence-corrected chi connectivity index (χ4v) is 4.27. The molecule has 0 saturated carbocycles. The lowest BCUT2D eigenvalue weighted by Gasteiger charge is -2.29. The van der Waals surface area contributed by atoms with Crippen molar-refractivity contribution < 1.29 is 4.79 Å². The molecule has 4 aromatic rings. The molecule has 9 nitrogen and oxygen atoms in total. The fourth-order valence-electron chi connectivity index (χ4n) is 4.27. The van der Waals surface area contributed by atoms with Gasteiger partial charge < -0.3 is 20.5 Å². The highest BCUT2D eigenvalue weighted by Gasteiger charge is 2.21. The smallest absolute Gasteiger partial charge is 0.255 e. The number of anilines is 1. The third-order valence-electron chi connectivity index (χ3n) is 6.23. The van der Waals surface area contributed by atoms with E-state index in [0.29, 0.717) is 17.4 Å². The number of aromatic nitrogens is 5. The molecule has 1 amide bonds. The summed E-state index contributed by atoms with van der Waals surface area (Å²) in [5.41, 5.74) is 4.12. The van der Waals surface area contributed by atoms with Crippen molar-refractivity contribution in [1.82, 2.24) is 34.8 Å². The topological polar surface area (TPSA) is 103 Å². The van der Waals surface area contributed by atoms with Crippen molar-refractivity contribution in [1.29, 1.82) is 0 Å². The predicted molar refractivity (Wildman–Crippen MR) is 129 cm³/mol. The number of rotatable bonds is 6. The molecule has 1 aliphatic rings. The summed E-state index contributed by atoms with van der Waals surface area (Å²) in [7, 11) is 2.11. The number of pyridine rings is 1. The van der Waals surface area contributed by atoms with Crippen LogP contribution in [0.5, 0.6) is 0 Å². The van der Waals surface area contributed by atoms with E-state index in [1.165, 1.54) is 0 Å². The Morgan fingerprint density at radius 3 is 2.88 bits per heavy atom. The summed E-state index contributed by atoms with van der Waals surface area (Å²) in [6.45, 7) is 7.11. The first-order valence-corrected chi connectivity index (χ1v) is 11.5. The van der Waals surface area contributed by atoms with E-state index < -0.39 is 0 Å². The maximum absolute atomic E-state index is 13.0. The molecular weight excluding hydrogens is 416 g/mol. The third kappa shape index (κ3) is 4.41. The molecule has 1 fully saturated rings. The Labute approximate surface area is 192 Å². The molecule has 0 spiro atoms. The molecule has 5 rings (SSSR count). The Hall–Kier alpha value is -3.46. The zero-order valence-corrected chi connectivity index (χ0v) is 19.3. The quantitative estimate of drug-likeness (QED) is 0.420. The molecule has 0 radical (unpaired) electrons. The van der Waals surface area contributed by atoms with Crippen LogP contribution in [0.4, 0.5) is 5.95 Å². The van der Waals surface area contributed by atoms with E-state index in [-0.39, 0.29) is 11.9 Å². The predicted octanol–water partition coefficient (Wildman–Crippen LogP) is 3.16. The van der Waals surface area contributed by atoms with Gasteiger partial charge in [0.25, 0.3) is 5.91 Å². The van der Waals surface area contributed by atoms with Crippen LogP contribution in [0.25, 0.3) is 27.7 Å². The summed E-state index contributed by atoms with van der Waals surface area (Å²) < 4.78 is 1.74. The summed E-state index contributed by atoms with van der Waals surface area (Å²) in [5.74, 6) is 1.06. The number of carbonyl (C=O) groups excluding carboxylic acids is 1. The monoisotopic (exact) mass is 446 g/mol. The van der Waals surface area contributed by atoms with Crippen LogP contribution in [0.15, 0.2) is 36.9 Å². The first kappa shape index (κ1) is 21.4. The molecule has 1 saturated heterocycles. The Balaban J connectivity index is 1.41. The van der Waals surface area contributed by atoms with Crippen LogP contribution in [-0.4, -0.2) is 68.1 Å². The maximum atomic E-state index is 13.0. The molecular formula is C24H30N8O. The number of nitrogens with one attached hydrogen (secondary N) is 3. The van der Waals surface area contributed by atoms with E-state index in [2.05, 4.69) is 56.5 Å². The molecule has 1 aliphatic heterocycles. The number of piperidine rings is 1. The highest BCUT2D eigenvalue weighted by Crippen LogP contribution is 2.29. The van der Waals surface area contributed by atoms with Crippen LogP contribution < -0.4 is 10.6 Å². The molecule has 172 valence electrons. The highest BCUT2D eigenvalue weighted by molar-refractivity contribution is 6.02. The number of amides is 1. The first-order valence-electron chi connectivity index (χ1n) is 11.5. The zero-order chi connectivity index (χ0) is 22.9. The largest absolute Gasteiger partial charge is 0.354 e. The minimum atomic E-state index is -0.0696. The number of fused-ring (bicyclic) bond motifs is 2. The Kier molecular flexibility index (Phi) is 5.72. The van der Waals surface area contributed by atoms with Crippen LogP contribution in [0.3, 0.4) is 0 Å². The van der Waals surface area contributed by atoms with Gasteiger partial charge in [0.05, 0.1) is 17.3 Å². The molecule has 9 heteroatoms. The van der Waals surface area contributed by atoms with Crippen molar-refractivity contribution in [2.24, 2.45) is 5.92 Å². The molecule has 4 aromatic heterocycles. The lowest BCUT2D eigenvalue weighted by molar-refractivity contribution is 0.0918. The Morgan fingerprint density at radius 1 is 1.27 bits per heavy atom. The number of likely N-dealkylation sites (tertiary alicyclic amines) is 1. The van der Waals surface area contributed by atoms with Gasteiger partial charge in [-0.1, -0.05) is 13.8 Å². The zero-order valence-electron chi connectivity index (χ0n) is 19.3. The van der Waals surface area contributed by atoms with Gasteiger partial charge in [-0.2, -0.15) is 10.1 Å². The number of nitrogens with zero attached hydrogens (tertiary/aromatic N) is 5. The van der Waals surface area contributed by atoms with Crippen molar-refractivity contribution in [3.05, 3.63) is 42.5 Å². The summed E-state index contributed by atoms with van der Waals surface area (Å²) >= 11 is 0. The molecule has 0 bridgehead atoms. The average Bonchev–Trinajstić information content (AvgIpc) is 3.42. The van der Waals surface area contributed by atoms with Crippen molar-refractivity contribution in [2.45, 2.75) is 32.7 Å². The van der Waals surface area contributed by atoms with Crippen molar-refractivity contribution in [2.75, 3.05) is 32.0 Å². The molecule has 0 atom stereocenters. The standard InChI is InChI=1S/C24H30N8O/c1-15(2)11-26-24-27-13-19-18(12-25-22(19)30-24)16-4-9-32-21(10-16)20(14-28-32)23(33)29-17-5-7-31(3)8-6-17/h4,9-10,12-15,17H,5-8,11H2,1-3H3,(H,29,33)(H2,25,26,27,30).